The summed E-state index contributed by atoms with van der Waals surface area (Å²) in [6.07, 6.45) is 2.66. The Morgan fingerprint density at radius 2 is 2.25 bits per heavy atom. The Hall–Kier alpha value is -1.66. The fraction of sp³-hybridized carbons (Fsp3) is 0.222. The summed E-state index contributed by atoms with van der Waals surface area (Å²) in [5, 5.41) is 2.79. The minimum Gasteiger partial charge on any atom is -0.370 e. The number of nitrogens with two attached hydrogens (primary N) is 2. The lowest BCUT2D eigenvalue weighted by atomic mass is 10.2. The number of hydrogen-bond acceptors (Lipinski definition) is 4. The molecule has 1 rings (SSSR count). The molecule has 1 aromatic heterocycles. The molecule has 1 aromatic rings. The van der Waals surface area contributed by atoms with Crippen LogP contribution in [0.4, 0.5) is 5.69 Å². The zero-order valence-corrected chi connectivity index (χ0v) is 9.07. The van der Waals surface area contributed by atoms with Crippen molar-refractivity contribution in [3.05, 3.63) is 23.5 Å². The number of carbonyl (C=O) groups is 2. The zero-order chi connectivity index (χ0) is 12.1. The molecule has 1 unspecified atom stereocenters. The van der Waals surface area contributed by atoms with Gasteiger partial charge in [0.1, 0.15) is 0 Å². The van der Waals surface area contributed by atoms with Gasteiger partial charge in [0, 0.05) is 6.20 Å². The monoisotopic (exact) mass is 242 g/mol. The van der Waals surface area contributed by atoms with Crippen molar-refractivity contribution in [2.24, 2.45) is 11.5 Å². The molecule has 2 amide bonds. The van der Waals surface area contributed by atoms with E-state index in [-0.39, 0.29) is 6.42 Å². The van der Waals surface area contributed by atoms with E-state index in [1.165, 1.54) is 18.5 Å². The van der Waals surface area contributed by atoms with Crippen LogP contribution in [0.1, 0.15) is 6.42 Å². The quantitative estimate of drug-likeness (QED) is 0.683. The first kappa shape index (κ1) is 12.4. The van der Waals surface area contributed by atoms with Crippen LogP contribution in [0.2, 0.25) is 5.02 Å². The highest BCUT2D eigenvalue weighted by atomic mass is 35.5. The van der Waals surface area contributed by atoms with E-state index in [9.17, 15) is 9.59 Å². The number of primary amides is 1. The fourth-order valence-corrected chi connectivity index (χ4v) is 1.16. The van der Waals surface area contributed by atoms with Gasteiger partial charge in [0.2, 0.25) is 11.8 Å². The summed E-state index contributed by atoms with van der Waals surface area (Å²) < 4.78 is 0. The van der Waals surface area contributed by atoms with Gasteiger partial charge in [-0.05, 0) is 6.07 Å². The lowest BCUT2D eigenvalue weighted by Gasteiger charge is -2.10. The largest absolute Gasteiger partial charge is 0.370 e. The summed E-state index contributed by atoms with van der Waals surface area (Å²) in [5.41, 5.74) is 10.7. The van der Waals surface area contributed by atoms with Gasteiger partial charge >= 0.3 is 0 Å². The molecule has 0 aliphatic heterocycles. The van der Waals surface area contributed by atoms with Crippen molar-refractivity contribution in [3.8, 4) is 0 Å². The van der Waals surface area contributed by atoms with Crippen molar-refractivity contribution < 1.29 is 9.59 Å². The van der Waals surface area contributed by atoms with Gasteiger partial charge in [-0.25, -0.2) is 0 Å². The first-order chi connectivity index (χ1) is 7.50. The maximum Gasteiger partial charge on any atom is 0.241 e. The second kappa shape index (κ2) is 5.43. The van der Waals surface area contributed by atoms with Gasteiger partial charge in [-0.15, -0.1) is 0 Å². The number of carbonyl (C=O) groups excluding carboxylic acids is 2. The molecule has 0 radical (unpaired) electrons. The van der Waals surface area contributed by atoms with Crippen LogP contribution < -0.4 is 16.8 Å². The lowest BCUT2D eigenvalue weighted by Crippen LogP contribution is -2.39. The SMILES string of the molecule is NC(=O)CC(N)C(=O)Nc1cnccc1Cl. The van der Waals surface area contributed by atoms with Crippen LogP contribution in [-0.2, 0) is 9.59 Å². The maximum absolute atomic E-state index is 11.5. The summed E-state index contributed by atoms with van der Waals surface area (Å²) in [5.74, 6) is -1.17. The van der Waals surface area contributed by atoms with Gasteiger partial charge in [0.05, 0.1) is 29.4 Å². The molecule has 0 bridgehead atoms. The van der Waals surface area contributed by atoms with Crippen molar-refractivity contribution in [1.82, 2.24) is 4.98 Å². The van der Waals surface area contributed by atoms with Gasteiger partial charge in [-0.3, -0.25) is 14.6 Å². The third-order valence-corrected chi connectivity index (χ3v) is 2.11. The maximum atomic E-state index is 11.5. The van der Waals surface area contributed by atoms with Gasteiger partial charge in [-0.1, -0.05) is 11.6 Å². The van der Waals surface area contributed by atoms with E-state index in [4.69, 9.17) is 23.1 Å². The van der Waals surface area contributed by atoms with Gasteiger partial charge in [0.15, 0.2) is 0 Å². The number of nitrogens with zero attached hydrogens (tertiary/aromatic N) is 1. The van der Waals surface area contributed by atoms with E-state index in [1.807, 2.05) is 0 Å². The lowest BCUT2D eigenvalue weighted by molar-refractivity contribution is -0.123. The van der Waals surface area contributed by atoms with E-state index in [2.05, 4.69) is 10.3 Å². The van der Waals surface area contributed by atoms with Crippen LogP contribution in [-0.4, -0.2) is 22.8 Å². The minimum atomic E-state index is -0.992. The Balaban J connectivity index is 2.64. The molecule has 7 heteroatoms. The van der Waals surface area contributed by atoms with Crippen molar-refractivity contribution in [3.63, 3.8) is 0 Å². The van der Waals surface area contributed by atoms with Crippen molar-refractivity contribution >= 4 is 29.1 Å². The standard InChI is InChI=1S/C9H11ClN4O2/c10-5-1-2-13-4-7(5)14-9(16)6(11)3-8(12)15/h1-2,4,6H,3,11H2,(H2,12,15)(H,14,16). The molecule has 5 N–H and O–H groups in total. The average molecular weight is 243 g/mol. The molecule has 0 fully saturated rings. The van der Waals surface area contributed by atoms with Crippen molar-refractivity contribution in [2.75, 3.05) is 5.32 Å². The fourth-order valence-electron chi connectivity index (χ4n) is 1.00. The number of rotatable bonds is 4. The van der Waals surface area contributed by atoms with Crippen LogP contribution in [0.15, 0.2) is 18.5 Å². The minimum absolute atomic E-state index is 0.219. The predicted molar refractivity (Wildman–Crippen MR) is 59.7 cm³/mol. The van der Waals surface area contributed by atoms with Gasteiger partial charge in [0.25, 0.3) is 0 Å². The normalized spacial score (nSPS) is 11.9. The summed E-state index contributed by atoms with van der Waals surface area (Å²) >= 11 is 5.79. The highest BCUT2D eigenvalue weighted by molar-refractivity contribution is 6.33. The van der Waals surface area contributed by atoms with E-state index in [0.29, 0.717) is 10.7 Å². The summed E-state index contributed by atoms with van der Waals surface area (Å²) in [6, 6.07) is 0.533. The van der Waals surface area contributed by atoms with E-state index in [1.54, 1.807) is 0 Å². The molecule has 0 aromatic carbocycles. The van der Waals surface area contributed by atoms with Crippen LogP contribution in [0.5, 0.6) is 0 Å². The van der Waals surface area contributed by atoms with Gasteiger partial charge in [-0.2, -0.15) is 0 Å². The van der Waals surface area contributed by atoms with Crippen molar-refractivity contribution in [2.45, 2.75) is 12.5 Å². The van der Waals surface area contributed by atoms with E-state index in [0.717, 1.165) is 0 Å². The molecule has 0 aliphatic carbocycles. The molecule has 16 heavy (non-hydrogen) atoms. The Bertz CT molecular complexity index is 410. The number of nitrogens with one attached hydrogen (secondary N) is 1. The highest BCUT2D eigenvalue weighted by Crippen LogP contribution is 2.19. The van der Waals surface area contributed by atoms with Crippen LogP contribution in [0.25, 0.3) is 0 Å². The Morgan fingerprint density at radius 3 is 2.81 bits per heavy atom. The molecule has 0 saturated heterocycles. The van der Waals surface area contributed by atoms with Crippen LogP contribution in [0, 0.1) is 0 Å². The van der Waals surface area contributed by atoms with E-state index >= 15 is 0 Å². The first-order valence-corrected chi connectivity index (χ1v) is 4.82. The summed E-state index contributed by atoms with van der Waals surface area (Å²) in [4.78, 5) is 25.8. The molecular formula is C9H11ClN4O2. The molecule has 1 atom stereocenters. The number of halogens is 1. The Labute approximate surface area is 97.0 Å². The molecule has 86 valence electrons. The first-order valence-electron chi connectivity index (χ1n) is 4.45. The summed E-state index contributed by atoms with van der Waals surface area (Å²) in [7, 11) is 0. The Morgan fingerprint density at radius 1 is 1.56 bits per heavy atom. The predicted octanol–water partition coefficient (Wildman–Crippen LogP) is -0.124. The van der Waals surface area contributed by atoms with Crippen molar-refractivity contribution in [1.29, 1.82) is 0 Å². The van der Waals surface area contributed by atoms with Gasteiger partial charge < -0.3 is 16.8 Å². The third kappa shape index (κ3) is 3.48. The second-order valence-electron chi connectivity index (χ2n) is 3.12. The van der Waals surface area contributed by atoms with Crippen LogP contribution >= 0.6 is 11.6 Å². The smallest absolute Gasteiger partial charge is 0.241 e. The van der Waals surface area contributed by atoms with E-state index < -0.39 is 17.9 Å². The number of aromatic nitrogens is 1. The summed E-state index contributed by atoms with van der Waals surface area (Å²) in [6.45, 7) is 0. The molecule has 0 aliphatic rings. The topological polar surface area (TPSA) is 111 Å². The molecule has 6 nitrogen and oxygen atoms in total. The second-order valence-corrected chi connectivity index (χ2v) is 3.53. The number of hydrogen-bond donors (Lipinski definition) is 3. The molecule has 1 heterocycles. The average Bonchev–Trinajstić information content (AvgIpc) is 2.20. The molecular weight excluding hydrogens is 232 g/mol. The zero-order valence-electron chi connectivity index (χ0n) is 8.31. The number of anilines is 1. The molecule has 0 saturated carbocycles. The molecule has 0 spiro atoms. The highest BCUT2D eigenvalue weighted by Gasteiger charge is 2.16. The Kier molecular flexibility index (Phi) is 4.21. The number of amides is 2. The van der Waals surface area contributed by atoms with Crippen LogP contribution in [0.3, 0.4) is 0 Å². The third-order valence-electron chi connectivity index (χ3n) is 1.78. The number of pyridine rings is 1.